The van der Waals surface area contributed by atoms with Gasteiger partial charge in [0.1, 0.15) is 12.3 Å². The lowest BCUT2D eigenvalue weighted by atomic mass is 9.94. The third kappa shape index (κ3) is 17.1. The Morgan fingerprint density at radius 3 is 1.53 bits per heavy atom. The monoisotopic (exact) mass is 633 g/mol. The fourth-order valence-electron chi connectivity index (χ4n) is 4.01. The Hall–Kier alpha value is -0.575. The third-order valence-electron chi connectivity index (χ3n) is 7.72. The Morgan fingerprint density at radius 1 is 0.721 bits per heavy atom. The number of piperidine rings is 1. The summed E-state index contributed by atoms with van der Waals surface area (Å²) in [6, 6.07) is 0. The van der Waals surface area contributed by atoms with E-state index in [0.29, 0.717) is 32.7 Å². The van der Waals surface area contributed by atoms with E-state index in [0.717, 1.165) is 0 Å². The Morgan fingerprint density at radius 2 is 1.16 bits per heavy atom. The van der Waals surface area contributed by atoms with Crippen molar-refractivity contribution in [3.63, 3.8) is 0 Å². The summed E-state index contributed by atoms with van der Waals surface area (Å²) in [6.45, 7) is 9.22. The number of hydrogen-bond acceptors (Lipinski definition) is 16. The van der Waals surface area contributed by atoms with Crippen molar-refractivity contribution in [2.24, 2.45) is 29.4 Å². The minimum atomic E-state index is -1.22. The third-order valence-corrected chi connectivity index (χ3v) is 7.72. The molecule has 3 saturated heterocycles. The Labute approximate surface area is 259 Å². The molecule has 0 spiro atoms. The summed E-state index contributed by atoms with van der Waals surface area (Å²) in [6.07, 6.45) is -7.61. The van der Waals surface area contributed by atoms with Gasteiger partial charge >= 0.3 is 0 Å². The molecule has 0 aromatic rings. The van der Waals surface area contributed by atoms with Crippen LogP contribution in [0.1, 0.15) is 36.5 Å². The van der Waals surface area contributed by atoms with Crippen LogP contribution in [0.5, 0.6) is 0 Å². The van der Waals surface area contributed by atoms with Crippen LogP contribution < -0.4 is 27.2 Å². The first-order valence-electron chi connectivity index (χ1n) is 14.1. The number of hydrazine groups is 1. The SMILES string of the molecule is C.CC(C(O)CN)C(O)C(O)CO.CC1C(O)CNCC(O)C1O.CC1C(O)CNCC1O.CC1CNNC(O)C1O.[2HH].[B]. The minimum Gasteiger partial charge on any atom is -0.394 e. The fourth-order valence-corrected chi connectivity index (χ4v) is 4.01. The van der Waals surface area contributed by atoms with E-state index in [4.69, 9.17) is 41.5 Å². The molecule has 0 bridgehead atoms. The molecule has 0 aromatic heterocycles. The smallest absolute Gasteiger partial charge is 0.143 e. The first kappa shape index (κ1) is 46.8. The molecule has 16 nitrogen and oxygen atoms in total. The molecule has 261 valence electrons. The number of aliphatic hydroxyl groups excluding tert-OH is 11. The maximum absolute atomic E-state index is 9.35. The number of hydrogen-bond donors (Lipinski definition) is 16. The highest BCUT2D eigenvalue weighted by molar-refractivity contribution is 5.75. The van der Waals surface area contributed by atoms with E-state index in [1.54, 1.807) is 13.8 Å². The van der Waals surface area contributed by atoms with E-state index < -0.39 is 61.5 Å². The molecule has 13 unspecified atom stereocenters. The standard InChI is InChI=1S/C7H17NO4.C7H15NO3.C6H13NO2.C5H12N2O2.CH4.B.H2/c1-4(5(10)2-8)7(12)6(11)3-9;1-4-5(9)2-8-3-6(10)7(4)11;1-4-5(8)2-7-3-6(4)9;1-3-2-6-7-5(9)4(3)8;;;/h4-7,9-12H,2-3,8H2,1H3;4-11H,2-3H2,1H3;4-9H,2-3H2,1H3;3-9H,2H2,1H3;1H4;;1H/i;;;;;;1+1. The van der Waals surface area contributed by atoms with Crippen LogP contribution in [0.15, 0.2) is 0 Å². The lowest BCUT2D eigenvalue weighted by Crippen LogP contribution is -2.57. The van der Waals surface area contributed by atoms with E-state index >= 15 is 0 Å². The van der Waals surface area contributed by atoms with Crippen molar-refractivity contribution in [2.75, 3.05) is 45.9 Å². The number of nitrogens with one attached hydrogen (secondary N) is 4. The van der Waals surface area contributed by atoms with Crippen molar-refractivity contribution >= 4 is 8.41 Å². The van der Waals surface area contributed by atoms with Crippen LogP contribution in [0.4, 0.5) is 0 Å². The number of rotatable bonds is 5. The quantitative estimate of drug-likeness (QED) is 0.125. The summed E-state index contributed by atoms with van der Waals surface area (Å²) >= 11 is 0. The first-order valence-corrected chi connectivity index (χ1v) is 14.1. The summed E-state index contributed by atoms with van der Waals surface area (Å²) in [5, 5.41) is 106. The van der Waals surface area contributed by atoms with Gasteiger partial charge in [-0.25, -0.2) is 5.43 Å². The molecular weight excluding hydrogens is 569 g/mol. The summed E-state index contributed by atoms with van der Waals surface area (Å²) in [7, 11) is 0. The number of β-amino-alcohol motifs (C(OH)–C–C–N with tert-alkyl or cyclic N) is 4. The second kappa shape index (κ2) is 24.6. The van der Waals surface area contributed by atoms with Gasteiger partial charge in [0, 0.05) is 66.9 Å². The van der Waals surface area contributed by atoms with Gasteiger partial charge in [-0.1, -0.05) is 35.1 Å². The molecule has 43 heavy (non-hydrogen) atoms. The average Bonchev–Trinajstić information content (AvgIpc) is 3.06. The van der Waals surface area contributed by atoms with E-state index in [1.165, 1.54) is 0 Å². The van der Waals surface area contributed by atoms with Crippen LogP contribution >= 0.6 is 0 Å². The van der Waals surface area contributed by atoms with Crippen LogP contribution in [-0.4, -0.2) is 172 Å². The molecule has 3 aliphatic rings. The van der Waals surface area contributed by atoms with E-state index in [2.05, 4.69) is 21.5 Å². The van der Waals surface area contributed by atoms with Crippen LogP contribution in [0, 0.1) is 23.7 Å². The van der Waals surface area contributed by atoms with Gasteiger partial charge in [-0.2, -0.15) is 0 Å². The van der Waals surface area contributed by atoms with Crippen LogP contribution in [0.2, 0.25) is 0 Å². The van der Waals surface area contributed by atoms with Crippen molar-refractivity contribution in [3.8, 4) is 0 Å². The lowest BCUT2D eigenvalue weighted by molar-refractivity contribution is -0.0669. The molecule has 17 heteroatoms. The zero-order chi connectivity index (χ0) is 31.9. The molecule has 17 N–H and O–H groups in total. The summed E-state index contributed by atoms with van der Waals surface area (Å²) in [4.78, 5) is 0. The predicted molar refractivity (Wildman–Crippen MR) is 164 cm³/mol. The summed E-state index contributed by atoms with van der Waals surface area (Å²) < 4.78 is 0. The second-order valence-electron chi connectivity index (χ2n) is 11.1. The molecular formula is C26H63BN5O11. The topological polar surface area (TPSA) is 297 Å². The van der Waals surface area contributed by atoms with Gasteiger partial charge < -0.3 is 72.5 Å². The number of nitrogens with two attached hydrogens (primary N) is 1. The van der Waals surface area contributed by atoms with Gasteiger partial charge in [-0.05, 0) is 5.92 Å². The maximum atomic E-state index is 9.35. The molecule has 3 aliphatic heterocycles. The van der Waals surface area contributed by atoms with Gasteiger partial charge in [-0.3, -0.25) is 5.43 Å². The van der Waals surface area contributed by atoms with Crippen molar-refractivity contribution in [1.29, 1.82) is 0 Å². The van der Waals surface area contributed by atoms with E-state index in [9.17, 15) is 20.4 Å². The molecule has 13 atom stereocenters. The normalized spacial score (nSPS) is 36.8. The predicted octanol–water partition coefficient (Wildman–Crippen LogP) is -6.18. The Balaban J connectivity index is -0.000000238. The van der Waals surface area contributed by atoms with Gasteiger partial charge in [0.05, 0.1) is 55.4 Å². The second-order valence-corrected chi connectivity index (χ2v) is 11.1. The molecule has 0 aromatic carbocycles. The average molecular weight is 634 g/mol. The Kier molecular flexibility index (Phi) is 26.8. The zero-order valence-corrected chi connectivity index (χ0v) is 25.1. The molecule has 3 fully saturated rings. The number of aliphatic hydroxyl groups is 11. The van der Waals surface area contributed by atoms with Crippen molar-refractivity contribution in [2.45, 2.75) is 96.3 Å². The van der Waals surface area contributed by atoms with Crippen molar-refractivity contribution in [1.82, 2.24) is 21.5 Å². The highest BCUT2D eigenvalue weighted by Crippen LogP contribution is 2.14. The van der Waals surface area contributed by atoms with Crippen molar-refractivity contribution < 1.29 is 57.6 Å². The van der Waals surface area contributed by atoms with Crippen LogP contribution in [-0.2, 0) is 0 Å². The molecule has 0 saturated carbocycles. The molecule has 0 amide bonds. The Bertz CT molecular complexity index is 603. The zero-order valence-electron chi connectivity index (χ0n) is 25.1. The van der Waals surface area contributed by atoms with Gasteiger partial charge in [0.2, 0.25) is 0 Å². The van der Waals surface area contributed by atoms with Gasteiger partial charge in [0.15, 0.2) is 0 Å². The fraction of sp³-hybridized carbons (Fsp3) is 1.00. The van der Waals surface area contributed by atoms with Crippen LogP contribution in [0.3, 0.4) is 0 Å². The summed E-state index contributed by atoms with van der Waals surface area (Å²) in [5.74, 6) is -0.676. The van der Waals surface area contributed by atoms with E-state index in [1.807, 2.05) is 13.8 Å². The molecule has 3 rings (SSSR count). The van der Waals surface area contributed by atoms with Gasteiger partial charge in [-0.15, -0.1) is 0 Å². The van der Waals surface area contributed by atoms with E-state index in [-0.39, 0.29) is 53.8 Å². The molecule has 0 aliphatic carbocycles. The first-order chi connectivity index (χ1) is 19.1. The maximum Gasteiger partial charge on any atom is 0.143 e. The molecule has 3 heterocycles. The van der Waals surface area contributed by atoms with Crippen LogP contribution in [0.25, 0.3) is 0 Å². The summed E-state index contributed by atoms with van der Waals surface area (Å²) in [5.41, 5.74) is 10.4. The van der Waals surface area contributed by atoms with Gasteiger partial charge in [0.25, 0.3) is 0 Å². The highest BCUT2D eigenvalue weighted by atomic mass is 16.4. The lowest BCUT2D eigenvalue weighted by Gasteiger charge is -2.30. The largest absolute Gasteiger partial charge is 0.394 e. The highest BCUT2D eigenvalue weighted by Gasteiger charge is 2.31. The minimum absolute atomic E-state index is 0. The molecule has 3 radical (unpaired) electrons. The van der Waals surface area contributed by atoms with Crippen molar-refractivity contribution in [3.05, 3.63) is 0 Å².